The van der Waals surface area contributed by atoms with Crippen molar-refractivity contribution in [1.29, 1.82) is 0 Å². The maximum atomic E-state index is 12.3. The Morgan fingerprint density at radius 1 is 1.33 bits per heavy atom. The van der Waals surface area contributed by atoms with Crippen molar-refractivity contribution >= 4 is 5.91 Å². The van der Waals surface area contributed by atoms with Crippen LogP contribution >= 0.6 is 0 Å². The standard InChI is InChI=1S/C15H30N2O/c1-10-6-7-13(11(10)2)17-14(18)12(9-16)8-15(3,4)5/h10-13H,6-9,16H2,1-5H3,(H,17,18). The molecule has 0 heterocycles. The molecule has 18 heavy (non-hydrogen) atoms. The summed E-state index contributed by atoms with van der Waals surface area (Å²) in [4.78, 5) is 12.3. The van der Waals surface area contributed by atoms with Crippen LogP contribution in [0.3, 0.4) is 0 Å². The van der Waals surface area contributed by atoms with Crippen LogP contribution in [0, 0.1) is 23.2 Å². The summed E-state index contributed by atoms with van der Waals surface area (Å²) in [5.41, 5.74) is 5.91. The number of carbonyl (C=O) groups excluding carboxylic acids is 1. The molecule has 1 fully saturated rings. The smallest absolute Gasteiger partial charge is 0.224 e. The summed E-state index contributed by atoms with van der Waals surface area (Å²) < 4.78 is 0. The van der Waals surface area contributed by atoms with Crippen molar-refractivity contribution in [3.8, 4) is 0 Å². The molecule has 4 atom stereocenters. The van der Waals surface area contributed by atoms with E-state index in [9.17, 15) is 4.79 Å². The molecule has 3 N–H and O–H groups in total. The van der Waals surface area contributed by atoms with Gasteiger partial charge in [-0.2, -0.15) is 0 Å². The maximum absolute atomic E-state index is 12.3. The zero-order chi connectivity index (χ0) is 13.9. The lowest BCUT2D eigenvalue weighted by Crippen LogP contribution is -2.43. The Labute approximate surface area is 112 Å². The molecular weight excluding hydrogens is 224 g/mol. The summed E-state index contributed by atoms with van der Waals surface area (Å²) >= 11 is 0. The van der Waals surface area contributed by atoms with E-state index in [2.05, 4.69) is 39.9 Å². The third-order valence-corrected chi connectivity index (χ3v) is 4.31. The highest BCUT2D eigenvalue weighted by Gasteiger charge is 2.32. The molecule has 0 radical (unpaired) electrons. The van der Waals surface area contributed by atoms with E-state index in [4.69, 9.17) is 5.73 Å². The van der Waals surface area contributed by atoms with Crippen molar-refractivity contribution in [3.05, 3.63) is 0 Å². The minimum absolute atomic E-state index is 0.0480. The van der Waals surface area contributed by atoms with Crippen LogP contribution in [0.5, 0.6) is 0 Å². The van der Waals surface area contributed by atoms with Crippen LogP contribution in [0.15, 0.2) is 0 Å². The summed E-state index contributed by atoms with van der Waals surface area (Å²) in [5.74, 6) is 1.41. The molecule has 1 aliphatic carbocycles. The normalized spacial score (nSPS) is 30.2. The Bertz CT molecular complexity index is 283. The first-order valence-corrected chi connectivity index (χ1v) is 7.25. The summed E-state index contributed by atoms with van der Waals surface area (Å²) in [5, 5.41) is 3.21. The third-order valence-electron chi connectivity index (χ3n) is 4.31. The van der Waals surface area contributed by atoms with E-state index in [1.54, 1.807) is 0 Å². The molecule has 0 aromatic heterocycles. The Hall–Kier alpha value is -0.570. The van der Waals surface area contributed by atoms with E-state index >= 15 is 0 Å². The van der Waals surface area contributed by atoms with E-state index in [-0.39, 0.29) is 17.2 Å². The van der Waals surface area contributed by atoms with Crippen LogP contribution in [-0.2, 0) is 4.79 Å². The van der Waals surface area contributed by atoms with Gasteiger partial charge in [0.1, 0.15) is 0 Å². The molecule has 3 nitrogen and oxygen atoms in total. The number of nitrogens with one attached hydrogen (secondary N) is 1. The molecule has 106 valence electrons. The van der Waals surface area contributed by atoms with Gasteiger partial charge in [-0.3, -0.25) is 4.79 Å². The second kappa shape index (κ2) is 6.05. The molecule has 1 saturated carbocycles. The average Bonchev–Trinajstić information content (AvgIpc) is 2.56. The van der Waals surface area contributed by atoms with Gasteiger partial charge in [-0.05, 0) is 36.5 Å². The van der Waals surface area contributed by atoms with Gasteiger partial charge in [0.15, 0.2) is 0 Å². The van der Waals surface area contributed by atoms with Crippen LogP contribution in [-0.4, -0.2) is 18.5 Å². The van der Waals surface area contributed by atoms with E-state index in [0.29, 0.717) is 24.4 Å². The fourth-order valence-corrected chi connectivity index (χ4v) is 2.89. The number of nitrogens with two attached hydrogens (primary N) is 1. The van der Waals surface area contributed by atoms with Gasteiger partial charge in [-0.1, -0.05) is 34.6 Å². The molecule has 4 unspecified atom stereocenters. The number of hydrogen-bond acceptors (Lipinski definition) is 2. The number of carbonyl (C=O) groups is 1. The van der Waals surface area contributed by atoms with Crippen molar-refractivity contribution < 1.29 is 4.79 Å². The van der Waals surface area contributed by atoms with Crippen LogP contribution < -0.4 is 11.1 Å². The van der Waals surface area contributed by atoms with Crippen LogP contribution in [0.2, 0.25) is 0 Å². The number of amides is 1. The fraction of sp³-hybridized carbons (Fsp3) is 0.933. The first-order chi connectivity index (χ1) is 8.24. The van der Waals surface area contributed by atoms with Gasteiger partial charge >= 0.3 is 0 Å². The van der Waals surface area contributed by atoms with Crippen molar-refractivity contribution in [1.82, 2.24) is 5.32 Å². The van der Waals surface area contributed by atoms with Gasteiger partial charge in [-0.15, -0.1) is 0 Å². The Morgan fingerprint density at radius 3 is 2.33 bits per heavy atom. The lowest BCUT2D eigenvalue weighted by Gasteiger charge is -2.27. The first-order valence-electron chi connectivity index (χ1n) is 7.25. The monoisotopic (exact) mass is 254 g/mol. The van der Waals surface area contributed by atoms with Crippen molar-refractivity contribution in [3.63, 3.8) is 0 Å². The van der Waals surface area contributed by atoms with E-state index < -0.39 is 0 Å². The molecule has 1 aliphatic rings. The lowest BCUT2D eigenvalue weighted by molar-refractivity contribution is -0.126. The second-order valence-corrected chi connectivity index (χ2v) is 7.23. The quantitative estimate of drug-likeness (QED) is 0.810. The van der Waals surface area contributed by atoms with Crippen molar-refractivity contribution in [2.45, 2.75) is 59.9 Å². The minimum Gasteiger partial charge on any atom is -0.353 e. The molecule has 0 saturated heterocycles. The molecule has 1 rings (SSSR count). The third kappa shape index (κ3) is 4.27. The highest BCUT2D eigenvalue weighted by atomic mass is 16.2. The summed E-state index contributed by atoms with van der Waals surface area (Å²) in [7, 11) is 0. The zero-order valence-electron chi connectivity index (χ0n) is 12.6. The van der Waals surface area contributed by atoms with Crippen LogP contribution in [0.1, 0.15) is 53.9 Å². The van der Waals surface area contributed by atoms with E-state index in [1.165, 1.54) is 6.42 Å². The van der Waals surface area contributed by atoms with Crippen LogP contribution in [0.25, 0.3) is 0 Å². The second-order valence-electron chi connectivity index (χ2n) is 7.23. The van der Waals surface area contributed by atoms with Gasteiger partial charge < -0.3 is 11.1 Å². The topological polar surface area (TPSA) is 55.1 Å². The molecule has 1 amide bonds. The van der Waals surface area contributed by atoms with Crippen molar-refractivity contribution in [2.75, 3.05) is 6.54 Å². The van der Waals surface area contributed by atoms with E-state index in [1.807, 2.05) is 0 Å². The van der Waals surface area contributed by atoms with Gasteiger partial charge in [0.25, 0.3) is 0 Å². The molecule has 0 aliphatic heterocycles. The minimum atomic E-state index is -0.0480. The predicted molar refractivity (Wildman–Crippen MR) is 76.1 cm³/mol. The molecule has 0 spiro atoms. The molecule has 0 aromatic carbocycles. The summed E-state index contributed by atoms with van der Waals surface area (Å²) in [6, 6.07) is 0.349. The number of hydrogen-bond donors (Lipinski definition) is 2. The Morgan fingerprint density at radius 2 is 1.94 bits per heavy atom. The fourth-order valence-electron chi connectivity index (χ4n) is 2.89. The van der Waals surface area contributed by atoms with Gasteiger partial charge in [0.2, 0.25) is 5.91 Å². The SMILES string of the molecule is CC1CCC(NC(=O)C(CN)CC(C)(C)C)C1C. The van der Waals surface area contributed by atoms with Crippen LogP contribution in [0.4, 0.5) is 0 Å². The number of rotatable bonds is 4. The van der Waals surface area contributed by atoms with E-state index in [0.717, 1.165) is 12.8 Å². The highest BCUT2D eigenvalue weighted by Crippen LogP contribution is 2.31. The Kier molecular flexibility index (Phi) is 5.20. The highest BCUT2D eigenvalue weighted by molar-refractivity contribution is 5.79. The average molecular weight is 254 g/mol. The molecule has 0 bridgehead atoms. The first kappa shape index (κ1) is 15.5. The maximum Gasteiger partial charge on any atom is 0.224 e. The Balaban J connectivity index is 2.53. The van der Waals surface area contributed by atoms with Gasteiger partial charge in [-0.25, -0.2) is 0 Å². The predicted octanol–water partition coefficient (Wildman–Crippen LogP) is 2.55. The summed E-state index contributed by atoms with van der Waals surface area (Å²) in [6.07, 6.45) is 3.19. The largest absolute Gasteiger partial charge is 0.353 e. The lowest BCUT2D eigenvalue weighted by atomic mass is 9.84. The van der Waals surface area contributed by atoms with Crippen molar-refractivity contribution in [2.24, 2.45) is 28.9 Å². The molecule has 3 heteroatoms. The molecule has 0 aromatic rings. The van der Waals surface area contributed by atoms with Gasteiger partial charge in [0.05, 0.1) is 5.92 Å². The zero-order valence-corrected chi connectivity index (χ0v) is 12.6. The summed E-state index contributed by atoms with van der Waals surface area (Å²) in [6.45, 7) is 11.4. The molecular formula is C15H30N2O. The van der Waals surface area contributed by atoms with Gasteiger partial charge in [0, 0.05) is 12.6 Å².